The molecule has 2 rings (SSSR count). The van der Waals surface area contributed by atoms with Gasteiger partial charge in [0.1, 0.15) is 0 Å². The summed E-state index contributed by atoms with van der Waals surface area (Å²) in [6.45, 7) is 4.69. The van der Waals surface area contributed by atoms with E-state index in [0.29, 0.717) is 12.1 Å². The summed E-state index contributed by atoms with van der Waals surface area (Å²) in [6.07, 6.45) is 0.971. The number of carbonyl (C=O) groups is 1. The van der Waals surface area contributed by atoms with Crippen molar-refractivity contribution in [3.63, 3.8) is 0 Å². The third-order valence-electron chi connectivity index (χ3n) is 3.63. The van der Waals surface area contributed by atoms with Crippen LogP contribution in [0, 0.1) is 6.92 Å². The Kier molecular flexibility index (Phi) is 4.99. The lowest BCUT2D eigenvalue weighted by Gasteiger charge is -2.12. The Labute approximate surface area is 126 Å². The van der Waals surface area contributed by atoms with Crippen LogP contribution in [0.4, 0.5) is 5.69 Å². The van der Waals surface area contributed by atoms with E-state index in [1.165, 1.54) is 11.1 Å². The van der Waals surface area contributed by atoms with Crippen LogP contribution < -0.4 is 10.6 Å². The largest absolute Gasteiger partial charge is 0.387 e. The summed E-state index contributed by atoms with van der Waals surface area (Å²) in [4.78, 5) is 12.4. The molecule has 2 N–H and O–H groups in total. The van der Waals surface area contributed by atoms with Gasteiger partial charge in [-0.2, -0.15) is 0 Å². The molecule has 0 saturated carbocycles. The average Bonchev–Trinajstić information content (AvgIpc) is 2.52. The zero-order valence-corrected chi connectivity index (χ0v) is 12.9. The fourth-order valence-electron chi connectivity index (χ4n) is 2.41. The van der Waals surface area contributed by atoms with Gasteiger partial charge in [0.2, 0.25) is 0 Å². The molecule has 21 heavy (non-hydrogen) atoms. The molecule has 0 aliphatic heterocycles. The molecule has 0 radical (unpaired) electrons. The van der Waals surface area contributed by atoms with Gasteiger partial charge in [-0.05, 0) is 42.2 Å². The fourth-order valence-corrected chi connectivity index (χ4v) is 2.41. The molecule has 2 aromatic carbocycles. The number of amides is 1. The molecule has 0 aliphatic carbocycles. The molecule has 0 aromatic heterocycles. The second-order valence-corrected chi connectivity index (χ2v) is 5.10. The monoisotopic (exact) mass is 282 g/mol. The topological polar surface area (TPSA) is 41.1 Å². The molecule has 3 nitrogen and oxygen atoms in total. The van der Waals surface area contributed by atoms with Crippen LogP contribution in [0.2, 0.25) is 0 Å². The SMILES string of the molecule is CCc1ccccc1CNC(=O)c1ccc(C)cc1NC. The number of benzene rings is 2. The van der Waals surface area contributed by atoms with E-state index in [1.807, 2.05) is 44.3 Å². The van der Waals surface area contributed by atoms with Gasteiger partial charge in [0.25, 0.3) is 5.91 Å². The maximum absolute atomic E-state index is 12.4. The van der Waals surface area contributed by atoms with Gasteiger partial charge in [0.15, 0.2) is 0 Å². The zero-order valence-electron chi connectivity index (χ0n) is 12.9. The highest BCUT2D eigenvalue weighted by atomic mass is 16.1. The standard InChI is InChI=1S/C18H22N2O/c1-4-14-7-5-6-8-15(14)12-20-18(21)16-10-9-13(2)11-17(16)19-3/h5-11,19H,4,12H2,1-3H3,(H,20,21). The Morgan fingerprint density at radius 1 is 1.10 bits per heavy atom. The van der Waals surface area contributed by atoms with E-state index in [9.17, 15) is 4.79 Å². The first kappa shape index (κ1) is 15.1. The number of hydrogen-bond donors (Lipinski definition) is 2. The third-order valence-corrected chi connectivity index (χ3v) is 3.63. The van der Waals surface area contributed by atoms with Crippen LogP contribution in [0.3, 0.4) is 0 Å². The molecule has 0 heterocycles. The highest BCUT2D eigenvalue weighted by Crippen LogP contribution is 2.17. The molecule has 0 saturated heterocycles. The first-order valence-corrected chi connectivity index (χ1v) is 7.29. The Morgan fingerprint density at radius 2 is 1.81 bits per heavy atom. The smallest absolute Gasteiger partial charge is 0.253 e. The van der Waals surface area contributed by atoms with Crippen LogP contribution in [0.25, 0.3) is 0 Å². The van der Waals surface area contributed by atoms with Crippen molar-refractivity contribution >= 4 is 11.6 Å². The molecule has 0 fully saturated rings. The second-order valence-electron chi connectivity index (χ2n) is 5.10. The van der Waals surface area contributed by atoms with Crippen molar-refractivity contribution < 1.29 is 4.79 Å². The van der Waals surface area contributed by atoms with Crippen molar-refractivity contribution in [3.8, 4) is 0 Å². The minimum atomic E-state index is -0.0507. The van der Waals surface area contributed by atoms with Gasteiger partial charge in [0.05, 0.1) is 5.56 Å². The summed E-state index contributed by atoms with van der Waals surface area (Å²) in [5.41, 5.74) is 5.11. The van der Waals surface area contributed by atoms with Gasteiger partial charge in [-0.3, -0.25) is 4.79 Å². The van der Waals surface area contributed by atoms with Gasteiger partial charge >= 0.3 is 0 Å². The van der Waals surface area contributed by atoms with Crippen LogP contribution in [0.15, 0.2) is 42.5 Å². The molecule has 0 bridgehead atoms. The highest BCUT2D eigenvalue weighted by Gasteiger charge is 2.11. The number of anilines is 1. The summed E-state index contributed by atoms with van der Waals surface area (Å²) in [7, 11) is 1.83. The van der Waals surface area contributed by atoms with Crippen molar-refractivity contribution in [1.82, 2.24) is 5.32 Å². The van der Waals surface area contributed by atoms with E-state index in [0.717, 1.165) is 17.7 Å². The maximum Gasteiger partial charge on any atom is 0.253 e. The summed E-state index contributed by atoms with van der Waals surface area (Å²) in [6, 6.07) is 14.0. The van der Waals surface area contributed by atoms with Crippen molar-refractivity contribution in [1.29, 1.82) is 0 Å². The predicted octanol–water partition coefficient (Wildman–Crippen LogP) is 3.53. The van der Waals surface area contributed by atoms with Gasteiger partial charge in [0, 0.05) is 19.3 Å². The minimum absolute atomic E-state index is 0.0507. The van der Waals surface area contributed by atoms with Crippen molar-refractivity contribution in [2.24, 2.45) is 0 Å². The number of aryl methyl sites for hydroxylation is 2. The fraction of sp³-hybridized carbons (Fsp3) is 0.278. The molecule has 0 atom stereocenters. The van der Waals surface area contributed by atoms with Crippen LogP contribution in [0.5, 0.6) is 0 Å². The van der Waals surface area contributed by atoms with E-state index >= 15 is 0 Å². The van der Waals surface area contributed by atoms with Crippen molar-refractivity contribution in [2.45, 2.75) is 26.8 Å². The molecule has 1 amide bonds. The van der Waals surface area contributed by atoms with E-state index in [4.69, 9.17) is 0 Å². The molecule has 3 heteroatoms. The van der Waals surface area contributed by atoms with E-state index in [2.05, 4.69) is 29.7 Å². The summed E-state index contributed by atoms with van der Waals surface area (Å²) < 4.78 is 0. The number of hydrogen-bond acceptors (Lipinski definition) is 2. The van der Waals surface area contributed by atoms with Gasteiger partial charge in [-0.15, -0.1) is 0 Å². The summed E-state index contributed by atoms with van der Waals surface area (Å²) in [5.74, 6) is -0.0507. The third kappa shape index (κ3) is 3.63. The summed E-state index contributed by atoms with van der Waals surface area (Å²) >= 11 is 0. The van der Waals surface area contributed by atoms with E-state index < -0.39 is 0 Å². The van der Waals surface area contributed by atoms with Crippen molar-refractivity contribution in [2.75, 3.05) is 12.4 Å². The highest BCUT2D eigenvalue weighted by molar-refractivity contribution is 5.99. The van der Waals surface area contributed by atoms with Gasteiger partial charge < -0.3 is 10.6 Å². The lowest BCUT2D eigenvalue weighted by atomic mass is 10.0. The molecule has 0 spiro atoms. The lowest BCUT2D eigenvalue weighted by molar-refractivity contribution is 0.0951. The number of nitrogens with one attached hydrogen (secondary N) is 2. The predicted molar refractivity (Wildman–Crippen MR) is 87.7 cm³/mol. The van der Waals surface area contributed by atoms with Gasteiger partial charge in [-0.1, -0.05) is 37.3 Å². The second kappa shape index (κ2) is 6.93. The number of rotatable bonds is 5. The normalized spacial score (nSPS) is 10.2. The Hall–Kier alpha value is -2.29. The molecular formula is C18H22N2O. The van der Waals surface area contributed by atoms with Crippen LogP contribution in [0.1, 0.15) is 34.0 Å². The molecular weight excluding hydrogens is 260 g/mol. The number of carbonyl (C=O) groups excluding carboxylic acids is 1. The molecule has 0 aliphatic rings. The first-order valence-electron chi connectivity index (χ1n) is 7.29. The zero-order chi connectivity index (χ0) is 15.2. The lowest BCUT2D eigenvalue weighted by Crippen LogP contribution is -2.24. The maximum atomic E-state index is 12.4. The van der Waals surface area contributed by atoms with Crippen LogP contribution >= 0.6 is 0 Å². The molecule has 110 valence electrons. The van der Waals surface area contributed by atoms with Crippen LogP contribution in [-0.4, -0.2) is 13.0 Å². The first-order chi connectivity index (χ1) is 10.2. The Morgan fingerprint density at radius 3 is 2.48 bits per heavy atom. The molecule has 2 aromatic rings. The van der Waals surface area contributed by atoms with Crippen molar-refractivity contribution in [3.05, 3.63) is 64.7 Å². The average molecular weight is 282 g/mol. The Bertz CT molecular complexity index is 635. The van der Waals surface area contributed by atoms with Gasteiger partial charge in [-0.25, -0.2) is 0 Å². The quantitative estimate of drug-likeness (QED) is 0.881. The van der Waals surface area contributed by atoms with E-state index in [-0.39, 0.29) is 5.91 Å². The van der Waals surface area contributed by atoms with Crippen LogP contribution in [-0.2, 0) is 13.0 Å². The Balaban J connectivity index is 2.12. The minimum Gasteiger partial charge on any atom is -0.387 e. The molecule has 0 unspecified atom stereocenters. The van der Waals surface area contributed by atoms with E-state index in [1.54, 1.807) is 0 Å². The summed E-state index contributed by atoms with van der Waals surface area (Å²) in [5, 5.41) is 6.08.